The summed E-state index contributed by atoms with van der Waals surface area (Å²) < 4.78 is 0. The zero-order valence-electron chi connectivity index (χ0n) is 11.7. The van der Waals surface area contributed by atoms with Crippen molar-refractivity contribution in [3.8, 4) is 0 Å². The van der Waals surface area contributed by atoms with E-state index in [4.69, 9.17) is 0 Å². The topological polar surface area (TPSA) is 37.8 Å². The Labute approximate surface area is 118 Å². The smallest absolute Gasteiger partial charge is 0.0749 e. The molecular weight excluding hydrogens is 246 g/mol. The van der Waals surface area contributed by atoms with Crippen LogP contribution in [0.25, 0.3) is 10.9 Å². The zero-order valence-corrected chi connectivity index (χ0v) is 11.7. The minimum atomic E-state index is 0.0968. The van der Waals surface area contributed by atoms with Crippen molar-refractivity contribution in [1.29, 1.82) is 0 Å². The van der Waals surface area contributed by atoms with Gasteiger partial charge in [0, 0.05) is 17.3 Å². The maximum atomic E-state index is 4.62. The number of benzene rings is 1. The predicted molar refractivity (Wildman–Crippen MR) is 81.6 cm³/mol. The molecule has 3 aromatic rings. The molecule has 1 aromatic carbocycles. The highest BCUT2D eigenvalue weighted by atomic mass is 14.9. The predicted octanol–water partition coefficient (Wildman–Crippen LogP) is 3.25. The summed E-state index contributed by atoms with van der Waals surface area (Å²) in [5, 5.41) is 4.49. The summed E-state index contributed by atoms with van der Waals surface area (Å²) in [6.45, 7) is 2.01. The van der Waals surface area contributed by atoms with Crippen LogP contribution in [0.2, 0.25) is 0 Å². The molecule has 3 heteroatoms. The molecule has 0 saturated carbocycles. The van der Waals surface area contributed by atoms with Crippen molar-refractivity contribution in [2.45, 2.75) is 13.0 Å². The SMILES string of the molecule is CNC(c1ccc2ncccc2c1)c1cccc(C)n1. The molecule has 3 rings (SSSR count). The fourth-order valence-electron chi connectivity index (χ4n) is 2.48. The summed E-state index contributed by atoms with van der Waals surface area (Å²) in [6.07, 6.45) is 1.82. The fraction of sp³-hybridized carbons (Fsp3) is 0.176. The van der Waals surface area contributed by atoms with Crippen LogP contribution in [0.4, 0.5) is 0 Å². The molecule has 0 radical (unpaired) electrons. The third kappa shape index (κ3) is 2.40. The van der Waals surface area contributed by atoms with Gasteiger partial charge in [0.05, 0.1) is 17.3 Å². The molecule has 0 bridgehead atoms. The maximum absolute atomic E-state index is 4.62. The van der Waals surface area contributed by atoms with Crippen molar-refractivity contribution in [2.24, 2.45) is 0 Å². The van der Waals surface area contributed by atoms with Crippen LogP contribution in [-0.4, -0.2) is 17.0 Å². The van der Waals surface area contributed by atoms with E-state index in [1.807, 2.05) is 38.4 Å². The lowest BCUT2D eigenvalue weighted by Gasteiger charge is -2.17. The quantitative estimate of drug-likeness (QED) is 0.788. The lowest BCUT2D eigenvalue weighted by atomic mass is 10.0. The average Bonchev–Trinajstić information content (AvgIpc) is 2.48. The van der Waals surface area contributed by atoms with Crippen LogP contribution in [0, 0.1) is 6.92 Å². The van der Waals surface area contributed by atoms with Gasteiger partial charge in [0.2, 0.25) is 0 Å². The van der Waals surface area contributed by atoms with E-state index in [-0.39, 0.29) is 6.04 Å². The highest BCUT2D eigenvalue weighted by Gasteiger charge is 2.13. The molecule has 1 atom stereocenters. The third-order valence-electron chi connectivity index (χ3n) is 3.45. The largest absolute Gasteiger partial charge is 0.308 e. The van der Waals surface area contributed by atoms with Gasteiger partial charge in [-0.1, -0.05) is 18.2 Å². The standard InChI is InChI=1S/C17H17N3/c1-12-5-3-7-16(20-12)17(18-2)14-8-9-15-13(11-14)6-4-10-19-15/h3-11,17-18H,1-2H3. The minimum Gasteiger partial charge on any atom is -0.308 e. The van der Waals surface area contributed by atoms with Gasteiger partial charge >= 0.3 is 0 Å². The van der Waals surface area contributed by atoms with Crippen molar-refractivity contribution in [3.05, 3.63) is 71.7 Å². The van der Waals surface area contributed by atoms with E-state index in [2.05, 4.69) is 45.6 Å². The minimum absolute atomic E-state index is 0.0968. The Morgan fingerprint density at radius 2 is 1.95 bits per heavy atom. The third-order valence-corrected chi connectivity index (χ3v) is 3.45. The van der Waals surface area contributed by atoms with E-state index in [9.17, 15) is 0 Å². The van der Waals surface area contributed by atoms with Crippen molar-refractivity contribution in [1.82, 2.24) is 15.3 Å². The maximum Gasteiger partial charge on any atom is 0.0749 e. The van der Waals surface area contributed by atoms with Gasteiger partial charge in [0.25, 0.3) is 0 Å². The highest BCUT2D eigenvalue weighted by molar-refractivity contribution is 5.79. The van der Waals surface area contributed by atoms with E-state index in [0.29, 0.717) is 0 Å². The Bertz CT molecular complexity index is 737. The van der Waals surface area contributed by atoms with Crippen LogP contribution in [0.1, 0.15) is 23.0 Å². The van der Waals surface area contributed by atoms with Crippen LogP contribution >= 0.6 is 0 Å². The fourth-order valence-corrected chi connectivity index (χ4v) is 2.48. The van der Waals surface area contributed by atoms with Crippen LogP contribution in [-0.2, 0) is 0 Å². The number of aryl methyl sites for hydroxylation is 1. The lowest BCUT2D eigenvalue weighted by Crippen LogP contribution is -2.19. The van der Waals surface area contributed by atoms with Gasteiger partial charge in [-0.05, 0) is 49.9 Å². The van der Waals surface area contributed by atoms with Gasteiger partial charge < -0.3 is 5.32 Å². The number of aromatic nitrogens is 2. The van der Waals surface area contributed by atoms with Crippen LogP contribution in [0.5, 0.6) is 0 Å². The van der Waals surface area contributed by atoms with Gasteiger partial charge in [-0.15, -0.1) is 0 Å². The summed E-state index contributed by atoms with van der Waals surface area (Å²) >= 11 is 0. The van der Waals surface area contributed by atoms with Crippen LogP contribution < -0.4 is 5.32 Å². The summed E-state index contributed by atoms with van der Waals surface area (Å²) in [4.78, 5) is 8.98. The number of hydrogen-bond acceptors (Lipinski definition) is 3. The molecule has 2 heterocycles. The Hall–Kier alpha value is -2.26. The Morgan fingerprint density at radius 1 is 1.05 bits per heavy atom. The molecule has 3 nitrogen and oxygen atoms in total. The van der Waals surface area contributed by atoms with E-state index in [1.165, 1.54) is 5.56 Å². The molecule has 0 aliphatic heterocycles. The van der Waals surface area contributed by atoms with Crippen molar-refractivity contribution in [3.63, 3.8) is 0 Å². The summed E-state index contributed by atoms with van der Waals surface area (Å²) in [6, 6.07) is 16.6. The van der Waals surface area contributed by atoms with E-state index in [0.717, 1.165) is 22.3 Å². The molecule has 1 unspecified atom stereocenters. The molecular formula is C17H17N3. The molecule has 0 amide bonds. The van der Waals surface area contributed by atoms with Gasteiger partial charge in [-0.2, -0.15) is 0 Å². The number of fused-ring (bicyclic) bond motifs is 1. The Morgan fingerprint density at radius 3 is 2.75 bits per heavy atom. The molecule has 100 valence electrons. The van der Waals surface area contributed by atoms with Crippen molar-refractivity contribution in [2.75, 3.05) is 7.05 Å². The molecule has 0 saturated heterocycles. The van der Waals surface area contributed by atoms with Gasteiger partial charge in [-0.3, -0.25) is 9.97 Å². The number of hydrogen-bond donors (Lipinski definition) is 1. The molecule has 0 spiro atoms. The Balaban J connectivity index is 2.07. The normalized spacial score (nSPS) is 12.5. The molecule has 0 fully saturated rings. The number of pyridine rings is 2. The first-order valence-corrected chi connectivity index (χ1v) is 6.73. The van der Waals surface area contributed by atoms with Crippen LogP contribution in [0.15, 0.2) is 54.7 Å². The summed E-state index contributed by atoms with van der Waals surface area (Å²) in [7, 11) is 1.96. The van der Waals surface area contributed by atoms with Gasteiger partial charge in [-0.25, -0.2) is 0 Å². The average molecular weight is 263 g/mol. The monoisotopic (exact) mass is 263 g/mol. The number of nitrogens with zero attached hydrogens (tertiary/aromatic N) is 2. The lowest BCUT2D eigenvalue weighted by molar-refractivity contribution is 0.669. The first kappa shape index (κ1) is 12.8. The highest BCUT2D eigenvalue weighted by Crippen LogP contribution is 2.23. The zero-order chi connectivity index (χ0) is 13.9. The first-order chi connectivity index (χ1) is 9.78. The second-order valence-corrected chi connectivity index (χ2v) is 4.88. The molecule has 0 aliphatic carbocycles. The van der Waals surface area contributed by atoms with E-state index >= 15 is 0 Å². The molecule has 0 aliphatic rings. The van der Waals surface area contributed by atoms with E-state index < -0.39 is 0 Å². The Kier molecular flexibility index (Phi) is 3.44. The van der Waals surface area contributed by atoms with E-state index in [1.54, 1.807) is 0 Å². The first-order valence-electron chi connectivity index (χ1n) is 6.73. The number of rotatable bonds is 3. The summed E-state index contributed by atoms with van der Waals surface area (Å²) in [5.74, 6) is 0. The number of nitrogens with one attached hydrogen (secondary N) is 1. The van der Waals surface area contributed by atoms with Gasteiger partial charge in [0.1, 0.15) is 0 Å². The van der Waals surface area contributed by atoms with Crippen molar-refractivity contribution < 1.29 is 0 Å². The second-order valence-electron chi connectivity index (χ2n) is 4.88. The second kappa shape index (κ2) is 5.39. The summed E-state index contributed by atoms with van der Waals surface area (Å²) in [5.41, 5.74) is 4.29. The molecule has 1 N–H and O–H groups in total. The van der Waals surface area contributed by atoms with Crippen LogP contribution in [0.3, 0.4) is 0 Å². The van der Waals surface area contributed by atoms with Crippen molar-refractivity contribution >= 4 is 10.9 Å². The molecule has 2 aromatic heterocycles. The molecule has 20 heavy (non-hydrogen) atoms. The van der Waals surface area contributed by atoms with Gasteiger partial charge in [0.15, 0.2) is 0 Å².